The van der Waals surface area contributed by atoms with Crippen LogP contribution in [0.25, 0.3) is 0 Å². The van der Waals surface area contributed by atoms with Crippen molar-refractivity contribution in [3.05, 3.63) is 20.2 Å². The topological polar surface area (TPSA) is 145 Å². The van der Waals surface area contributed by atoms with Crippen LogP contribution in [0.5, 0.6) is 0 Å². The molecule has 0 amide bonds. The highest BCUT2D eigenvalue weighted by atomic mass is 17.0. The highest BCUT2D eigenvalue weighted by molar-refractivity contribution is 4.26. The summed E-state index contributed by atoms with van der Waals surface area (Å²) in [6.45, 7) is -0.637. The van der Waals surface area contributed by atoms with Gasteiger partial charge in [-0.05, 0) is 6.42 Å². The van der Waals surface area contributed by atoms with Crippen LogP contribution < -0.4 is 0 Å². The van der Waals surface area contributed by atoms with Crippen molar-refractivity contribution in [2.24, 2.45) is 0 Å². The van der Waals surface area contributed by atoms with Crippen molar-refractivity contribution in [1.82, 2.24) is 0 Å². The summed E-state index contributed by atoms with van der Waals surface area (Å²) in [6, 6.07) is 0. The van der Waals surface area contributed by atoms with E-state index in [1.807, 2.05) is 0 Å². The fourth-order valence-electron chi connectivity index (χ4n) is 0.337. The minimum absolute atomic E-state index is 0.113. The van der Waals surface area contributed by atoms with E-state index >= 15 is 0 Å². The van der Waals surface area contributed by atoms with Crippen LogP contribution in [0.15, 0.2) is 0 Å². The first-order valence-electron chi connectivity index (χ1n) is 3.81. The molecule has 0 aromatic carbocycles. The van der Waals surface area contributed by atoms with Crippen LogP contribution in [0.1, 0.15) is 6.42 Å². The Morgan fingerprint density at radius 3 is 1.47 bits per heavy atom. The van der Waals surface area contributed by atoms with E-state index in [-0.39, 0.29) is 32.8 Å². The first-order chi connectivity index (χ1) is 7.04. The zero-order valence-electron chi connectivity index (χ0n) is 7.77. The molecule has 0 fully saturated rings. The van der Waals surface area contributed by atoms with Gasteiger partial charge in [0.1, 0.15) is 0 Å². The molecule has 2 N–H and O–H groups in total. The van der Waals surface area contributed by atoms with Gasteiger partial charge >= 0.3 is 0 Å². The molecule has 0 aromatic rings. The molecule has 90 valence electrons. The van der Waals surface area contributed by atoms with E-state index in [0.29, 0.717) is 0 Å². The third kappa shape index (κ3) is 24.5. The standard InChI is InChI=1S/C3H6N2O6.C2H6O2/c6-4(7)10-2-1-3-11-5(8)9;3-1-2-4/h1-3H2;3-4H,1-2H2. The average Bonchev–Trinajstić information content (AvgIpc) is 2.17. The smallest absolute Gasteiger partial charge is 0.294 e. The highest BCUT2D eigenvalue weighted by Crippen LogP contribution is 1.84. The van der Waals surface area contributed by atoms with Gasteiger partial charge in [-0.15, -0.1) is 20.2 Å². The molecule has 0 spiro atoms. The number of hydrogen-bond donors (Lipinski definition) is 2. The molecule has 0 saturated heterocycles. The quantitative estimate of drug-likeness (QED) is 0.312. The molecule has 0 aliphatic heterocycles. The van der Waals surface area contributed by atoms with E-state index < -0.39 is 10.2 Å². The Kier molecular flexibility index (Phi) is 13.0. The van der Waals surface area contributed by atoms with Crippen LogP contribution in [-0.2, 0) is 9.68 Å². The molecule has 0 atom stereocenters. The zero-order valence-corrected chi connectivity index (χ0v) is 7.77. The second-order valence-electron chi connectivity index (χ2n) is 1.91. The number of aliphatic hydroxyl groups excluding tert-OH is 2. The van der Waals surface area contributed by atoms with Gasteiger partial charge in [0.25, 0.3) is 10.2 Å². The van der Waals surface area contributed by atoms with Gasteiger partial charge in [-0.1, -0.05) is 0 Å². The molecule has 0 aromatic heterocycles. The summed E-state index contributed by atoms with van der Waals surface area (Å²) in [6.07, 6.45) is 0.113. The van der Waals surface area contributed by atoms with Gasteiger partial charge in [-0.2, -0.15) is 0 Å². The summed E-state index contributed by atoms with van der Waals surface area (Å²) in [5, 5.41) is 32.3. The number of rotatable bonds is 7. The van der Waals surface area contributed by atoms with Crippen molar-refractivity contribution in [1.29, 1.82) is 0 Å². The lowest BCUT2D eigenvalue weighted by atomic mass is 10.5. The third-order valence-corrected chi connectivity index (χ3v) is 0.782. The van der Waals surface area contributed by atoms with Gasteiger partial charge in [0, 0.05) is 0 Å². The van der Waals surface area contributed by atoms with E-state index in [9.17, 15) is 20.2 Å². The Bertz CT molecular complexity index is 156. The van der Waals surface area contributed by atoms with Crippen molar-refractivity contribution in [2.75, 3.05) is 26.4 Å². The molecular weight excluding hydrogens is 216 g/mol. The van der Waals surface area contributed by atoms with Gasteiger partial charge < -0.3 is 19.9 Å². The summed E-state index contributed by atoms with van der Waals surface area (Å²) in [4.78, 5) is 26.7. The summed E-state index contributed by atoms with van der Waals surface area (Å²) in [5.74, 6) is 0. The molecule has 0 heterocycles. The van der Waals surface area contributed by atoms with Crippen molar-refractivity contribution in [3.63, 3.8) is 0 Å². The second kappa shape index (κ2) is 12.3. The minimum atomic E-state index is -0.966. The minimum Gasteiger partial charge on any atom is -0.394 e. The maximum atomic E-state index is 9.50. The molecule has 10 nitrogen and oxygen atoms in total. The van der Waals surface area contributed by atoms with E-state index in [1.54, 1.807) is 0 Å². The molecular formula is C5H12N2O8. The van der Waals surface area contributed by atoms with Gasteiger partial charge in [0.15, 0.2) is 0 Å². The second-order valence-corrected chi connectivity index (χ2v) is 1.91. The molecule has 10 heteroatoms. The lowest BCUT2D eigenvalue weighted by Gasteiger charge is -1.96. The van der Waals surface area contributed by atoms with E-state index in [4.69, 9.17) is 10.2 Å². The third-order valence-electron chi connectivity index (χ3n) is 0.782. The Morgan fingerprint density at radius 1 is 0.933 bits per heavy atom. The van der Waals surface area contributed by atoms with Gasteiger partial charge in [0.05, 0.1) is 26.4 Å². The molecule has 0 unspecified atom stereocenters. The van der Waals surface area contributed by atoms with Crippen LogP contribution >= 0.6 is 0 Å². The summed E-state index contributed by atoms with van der Waals surface area (Å²) < 4.78 is 0. The first-order valence-corrected chi connectivity index (χ1v) is 3.81. The Balaban J connectivity index is 0. The molecule has 0 radical (unpaired) electrons. The number of hydrogen-bond acceptors (Lipinski definition) is 8. The highest BCUT2D eigenvalue weighted by Gasteiger charge is 1.96. The van der Waals surface area contributed by atoms with Crippen molar-refractivity contribution in [3.8, 4) is 0 Å². The van der Waals surface area contributed by atoms with Crippen molar-refractivity contribution < 1.29 is 30.1 Å². The maximum absolute atomic E-state index is 9.50. The number of nitrogens with zero attached hydrogens (tertiary/aromatic N) is 2. The van der Waals surface area contributed by atoms with E-state index in [1.165, 1.54) is 0 Å². The average molecular weight is 228 g/mol. The Morgan fingerprint density at radius 2 is 1.27 bits per heavy atom. The maximum Gasteiger partial charge on any atom is 0.294 e. The van der Waals surface area contributed by atoms with Crippen molar-refractivity contribution in [2.45, 2.75) is 6.42 Å². The molecule has 15 heavy (non-hydrogen) atoms. The van der Waals surface area contributed by atoms with E-state index in [0.717, 1.165) is 0 Å². The van der Waals surface area contributed by atoms with Gasteiger partial charge in [-0.25, -0.2) is 0 Å². The van der Waals surface area contributed by atoms with Crippen LogP contribution in [0, 0.1) is 20.2 Å². The zero-order chi connectivity index (χ0) is 12.1. The summed E-state index contributed by atoms with van der Waals surface area (Å²) in [7, 11) is 0. The lowest BCUT2D eigenvalue weighted by Crippen LogP contribution is -2.07. The Hall–Kier alpha value is -1.68. The lowest BCUT2D eigenvalue weighted by molar-refractivity contribution is -0.765. The summed E-state index contributed by atoms with van der Waals surface area (Å²) in [5.41, 5.74) is 0. The molecule has 0 rings (SSSR count). The molecule has 0 bridgehead atoms. The van der Waals surface area contributed by atoms with Crippen LogP contribution in [-0.4, -0.2) is 46.8 Å². The predicted octanol–water partition coefficient (Wildman–Crippen LogP) is -1.24. The predicted molar refractivity (Wildman–Crippen MR) is 44.7 cm³/mol. The summed E-state index contributed by atoms with van der Waals surface area (Å²) >= 11 is 0. The monoisotopic (exact) mass is 228 g/mol. The Labute approximate surface area is 84.2 Å². The molecule has 0 saturated carbocycles. The first kappa shape index (κ1) is 15.8. The SMILES string of the molecule is O=[N+]([O-])OCCCO[N+](=O)[O-].OCCO. The van der Waals surface area contributed by atoms with Gasteiger partial charge in [-0.3, -0.25) is 0 Å². The fourth-order valence-corrected chi connectivity index (χ4v) is 0.337. The fraction of sp³-hybridized carbons (Fsp3) is 1.00. The number of aliphatic hydroxyl groups is 2. The van der Waals surface area contributed by atoms with Crippen LogP contribution in [0.2, 0.25) is 0 Å². The van der Waals surface area contributed by atoms with Gasteiger partial charge in [0.2, 0.25) is 0 Å². The van der Waals surface area contributed by atoms with Crippen LogP contribution in [0.3, 0.4) is 0 Å². The molecule has 0 aliphatic carbocycles. The largest absolute Gasteiger partial charge is 0.394 e. The molecule has 0 aliphatic rings. The normalized spacial score (nSPS) is 8.40. The van der Waals surface area contributed by atoms with E-state index in [2.05, 4.69) is 9.68 Å². The van der Waals surface area contributed by atoms with Crippen molar-refractivity contribution >= 4 is 0 Å². The van der Waals surface area contributed by atoms with Crippen LogP contribution in [0.4, 0.5) is 0 Å².